The number of aromatic nitrogens is 4. The molecule has 5 heteroatoms. The molecule has 0 fully saturated rings. The summed E-state index contributed by atoms with van der Waals surface area (Å²) >= 11 is 0. The molecule has 5 nitrogen and oxygen atoms in total. The van der Waals surface area contributed by atoms with Crippen LogP contribution in [0.4, 0.5) is 0 Å². The minimum atomic E-state index is -0.0393. The first-order chi connectivity index (χ1) is 9.05. The van der Waals surface area contributed by atoms with Crippen molar-refractivity contribution < 1.29 is 0 Å². The standard InChI is InChI=1S/C14H23N5/c1-5-18-12(7-10(3)16-18)9-13(15)14-8-11(4)17-19(14)6-2/h7-8,13H,5-6,9,15H2,1-4H3. The molecule has 0 radical (unpaired) electrons. The van der Waals surface area contributed by atoms with Crippen LogP contribution in [0.2, 0.25) is 0 Å². The molecule has 0 saturated heterocycles. The average Bonchev–Trinajstić information content (AvgIpc) is 2.92. The SMILES string of the molecule is CCn1nc(C)cc1CC(N)c1cc(C)nn1CC. The minimum Gasteiger partial charge on any atom is -0.322 e. The lowest BCUT2D eigenvalue weighted by molar-refractivity contribution is 0.541. The third-order valence-electron chi connectivity index (χ3n) is 3.33. The summed E-state index contributed by atoms with van der Waals surface area (Å²) in [4.78, 5) is 0. The third-order valence-corrected chi connectivity index (χ3v) is 3.33. The van der Waals surface area contributed by atoms with Crippen LogP contribution in [0.3, 0.4) is 0 Å². The van der Waals surface area contributed by atoms with Gasteiger partial charge in [0.25, 0.3) is 0 Å². The van der Waals surface area contributed by atoms with Gasteiger partial charge in [0.15, 0.2) is 0 Å². The lowest BCUT2D eigenvalue weighted by Crippen LogP contribution is -2.19. The summed E-state index contributed by atoms with van der Waals surface area (Å²) in [5.41, 5.74) is 10.7. The Balaban J connectivity index is 2.22. The fraction of sp³-hybridized carbons (Fsp3) is 0.571. The van der Waals surface area contributed by atoms with Gasteiger partial charge in [0.1, 0.15) is 0 Å². The van der Waals surface area contributed by atoms with Crippen LogP contribution in [-0.2, 0) is 19.5 Å². The van der Waals surface area contributed by atoms with Crippen LogP contribution in [-0.4, -0.2) is 19.6 Å². The first kappa shape index (κ1) is 13.8. The van der Waals surface area contributed by atoms with Gasteiger partial charge in [-0.3, -0.25) is 9.36 Å². The summed E-state index contributed by atoms with van der Waals surface area (Å²) in [5, 5.41) is 8.92. The van der Waals surface area contributed by atoms with Gasteiger partial charge in [-0.1, -0.05) is 0 Å². The van der Waals surface area contributed by atoms with Crippen molar-refractivity contribution in [3.8, 4) is 0 Å². The monoisotopic (exact) mass is 261 g/mol. The first-order valence-electron chi connectivity index (χ1n) is 6.88. The highest BCUT2D eigenvalue weighted by atomic mass is 15.3. The molecule has 0 aliphatic carbocycles. The van der Waals surface area contributed by atoms with E-state index in [1.807, 2.05) is 23.2 Å². The Kier molecular flexibility index (Phi) is 4.04. The van der Waals surface area contributed by atoms with Crippen molar-refractivity contribution in [2.24, 2.45) is 5.73 Å². The topological polar surface area (TPSA) is 61.7 Å². The number of hydrogen-bond donors (Lipinski definition) is 1. The Labute approximate surface area is 114 Å². The summed E-state index contributed by atoms with van der Waals surface area (Å²) in [5.74, 6) is 0. The van der Waals surface area contributed by atoms with E-state index < -0.39 is 0 Å². The molecular formula is C14H23N5. The molecule has 1 atom stereocenters. The molecule has 2 aromatic heterocycles. The van der Waals surface area contributed by atoms with Crippen LogP contribution in [0, 0.1) is 13.8 Å². The van der Waals surface area contributed by atoms with Gasteiger partial charge in [-0.25, -0.2) is 0 Å². The normalized spacial score (nSPS) is 12.9. The van der Waals surface area contributed by atoms with Crippen molar-refractivity contribution in [1.29, 1.82) is 0 Å². The van der Waals surface area contributed by atoms with Gasteiger partial charge in [0.05, 0.1) is 23.1 Å². The maximum Gasteiger partial charge on any atom is 0.0597 e. The Morgan fingerprint density at radius 1 is 1.05 bits per heavy atom. The molecule has 2 aromatic rings. The van der Waals surface area contributed by atoms with Crippen molar-refractivity contribution in [3.05, 3.63) is 34.9 Å². The smallest absolute Gasteiger partial charge is 0.0597 e. The van der Waals surface area contributed by atoms with Crippen molar-refractivity contribution in [2.75, 3.05) is 0 Å². The Morgan fingerprint density at radius 2 is 1.63 bits per heavy atom. The Morgan fingerprint density at radius 3 is 2.26 bits per heavy atom. The van der Waals surface area contributed by atoms with Crippen molar-refractivity contribution in [1.82, 2.24) is 19.6 Å². The highest BCUT2D eigenvalue weighted by molar-refractivity contribution is 5.17. The van der Waals surface area contributed by atoms with Gasteiger partial charge in [-0.05, 0) is 39.8 Å². The zero-order valence-corrected chi connectivity index (χ0v) is 12.2. The van der Waals surface area contributed by atoms with Gasteiger partial charge in [-0.15, -0.1) is 0 Å². The van der Waals surface area contributed by atoms with E-state index in [4.69, 9.17) is 5.73 Å². The molecule has 0 aliphatic rings. The highest BCUT2D eigenvalue weighted by Gasteiger charge is 2.16. The van der Waals surface area contributed by atoms with E-state index in [1.54, 1.807) is 0 Å². The van der Waals surface area contributed by atoms with Crippen LogP contribution >= 0.6 is 0 Å². The Bertz CT molecular complexity index is 552. The molecule has 0 aromatic carbocycles. The summed E-state index contributed by atoms with van der Waals surface area (Å²) in [6.07, 6.45) is 0.791. The minimum absolute atomic E-state index is 0.0393. The van der Waals surface area contributed by atoms with Gasteiger partial charge in [0.2, 0.25) is 0 Å². The Hall–Kier alpha value is -1.62. The molecule has 0 spiro atoms. The lowest BCUT2D eigenvalue weighted by atomic mass is 10.1. The molecule has 2 heterocycles. The molecular weight excluding hydrogens is 238 g/mol. The van der Waals surface area contributed by atoms with Crippen molar-refractivity contribution >= 4 is 0 Å². The van der Waals surface area contributed by atoms with Gasteiger partial charge in [0, 0.05) is 25.2 Å². The van der Waals surface area contributed by atoms with E-state index in [0.717, 1.165) is 36.6 Å². The molecule has 0 amide bonds. The van der Waals surface area contributed by atoms with Crippen LogP contribution < -0.4 is 5.73 Å². The summed E-state index contributed by atoms with van der Waals surface area (Å²) in [6, 6.07) is 4.15. The van der Waals surface area contributed by atoms with Crippen LogP contribution in [0.5, 0.6) is 0 Å². The van der Waals surface area contributed by atoms with E-state index >= 15 is 0 Å². The molecule has 0 saturated carbocycles. The van der Waals surface area contributed by atoms with Gasteiger partial charge in [-0.2, -0.15) is 10.2 Å². The lowest BCUT2D eigenvalue weighted by Gasteiger charge is -2.14. The van der Waals surface area contributed by atoms with Crippen LogP contribution in [0.15, 0.2) is 12.1 Å². The predicted molar refractivity (Wildman–Crippen MR) is 75.9 cm³/mol. The van der Waals surface area contributed by atoms with E-state index in [0.29, 0.717) is 0 Å². The zero-order chi connectivity index (χ0) is 14.0. The first-order valence-corrected chi connectivity index (χ1v) is 6.88. The van der Waals surface area contributed by atoms with Crippen LogP contribution in [0.25, 0.3) is 0 Å². The van der Waals surface area contributed by atoms with Crippen molar-refractivity contribution in [3.63, 3.8) is 0 Å². The third kappa shape index (κ3) is 2.87. The second-order valence-electron chi connectivity index (χ2n) is 4.93. The predicted octanol–water partition coefficient (Wildman–Crippen LogP) is 1.98. The number of rotatable bonds is 5. The molecule has 2 rings (SSSR count). The highest BCUT2D eigenvalue weighted by Crippen LogP contribution is 2.18. The molecule has 104 valence electrons. The van der Waals surface area contributed by atoms with E-state index in [9.17, 15) is 0 Å². The number of hydrogen-bond acceptors (Lipinski definition) is 3. The number of aryl methyl sites for hydroxylation is 4. The maximum atomic E-state index is 6.35. The molecule has 1 unspecified atom stereocenters. The average molecular weight is 261 g/mol. The quantitative estimate of drug-likeness (QED) is 0.895. The van der Waals surface area contributed by atoms with E-state index in [1.165, 1.54) is 5.69 Å². The maximum absolute atomic E-state index is 6.35. The summed E-state index contributed by atoms with van der Waals surface area (Å²) in [7, 11) is 0. The second-order valence-corrected chi connectivity index (χ2v) is 4.93. The van der Waals surface area contributed by atoms with Gasteiger partial charge >= 0.3 is 0 Å². The number of nitrogens with two attached hydrogens (primary N) is 1. The molecule has 19 heavy (non-hydrogen) atoms. The van der Waals surface area contributed by atoms with Crippen LogP contribution in [0.1, 0.15) is 42.7 Å². The second kappa shape index (κ2) is 5.57. The van der Waals surface area contributed by atoms with Gasteiger partial charge < -0.3 is 5.73 Å². The van der Waals surface area contributed by atoms with E-state index in [2.05, 4.69) is 36.2 Å². The summed E-state index contributed by atoms with van der Waals surface area (Å²) < 4.78 is 4.01. The molecule has 0 bridgehead atoms. The molecule has 2 N–H and O–H groups in total. The summed E-state index contributed by atoms with van der Waals surface area (Å²) in [6.45, 7) is 9.93. The number of nitrogens with zero attached hydrogens (tertiary/aromatic N) is 4. The molecule has 0 aliphatic heterocycles. The van der Waals surface area contributed by atoms with E-state index in [-0.39, 0.29) is 6.04 Å². The fourth-order valence-electron chi connectivity index (χ4n) is 2.48. The largest absolute Gasteiger partial charge is 0.322 e. The zero-order valence-electron chi connectivity index (χ0n) is 12.2. The van der Waals surface area contributed by atoms with Crippen molar-refractivity contribution in [2.45, 2.75) is 53.2 Å². The fourth-order valence-corrected chi connectivity index (χ4v) is 2.48.